The van der Waals surface area contributed by atoms with Gasteiger partial charge in [-0.05, 0) is 6.92 Å². The fraction of sp³-hybridized carbons (Fsp3) is 0.667. The van der Waals surface area contributed by atoms with Crippen molar-refractivity contribution in [1.29, 1.82) is 0 Å². The molecule has 0 saturated heterocycles. The van der Waals surface area contributed by atoms with Gasteiger partial charge in [-0.25, -0.2) is 4.79 Å². The van der Waals surface area contributed by atoms with Gasteiger partial charge in [-0.1, -0.05) is 6.58 Å². The highest BCUT2D eigenvalue weighted by Gasteiger charge is 2.22. The molecule has 0 aromatic rings. The lowest BCUT2D eigenvalue weighted by Crippen LogP contribution is -2.35. The van der Waals surface area contributed by atoms with E-state index in [2.05, 4.69) is 6.58 Å². The Morgan fingerprint density at radius 1 is 1.50 bits per heavy atom. The van der Waals surface area contributed by atoms with Crippen molar-refractivity contribution >= 4 is 5.97 Å². The normalized spacial score (nSPS) is 14.6. The van der Waals surface area contributed by atoms with E-state index < -0.39 is 24.8 Å². The first-order valence-electron chi connectivity index (χ1n) is 4.29. The monoisotopic (exact) mass is 204 g/mol. The first-order chi connectivity index (χ1) is 6.52. The van der Waals surface area contributed by atoms with Gasteiger partial charge in [-0.2, -0.15) is 0 Å². The summed E-state index contributed by atoms with van der Waals surface area (Å²) in [6.07, 6.45) is -2.02. The van der Waals surface area contributed by atoms with Gasteiger partial charge in [0.2, 0.25) is 0 Å². The molecule has 0 amide bonds. The van der Waals surface area contributed by atoms with E-state index in [9.17, 15) is 9.90 Å². The van der Waals surface area contributed by atoms with Crippen molar-refractivity contribution in [2.24, 2.45) is 0 Å². The Morgan fingerprint density at radius 2 is 2.07 bits per heavy atom. The maximum absolute atomic E-state index is 11.0. The molecular weight excluding hydrogens is 188 g/mol. The lowest BCUT2D eigenvalue weighted by molar-refractivity contribution is -0.154. The summed E-state index contributed by atoms with van der Waals surface area (Å²) in [4.78, 5) is 11.0. The van der Waals surface area contributed by atoms with Gasteiger partial charge >= 0.3 is 5.97 Å². The average molecular weight is 204 g/mol. The number of carbonyl (C=O) groups is 1. The Labute approximate surface area is 82.6 Å². The van der Waals surface area contributed by atoms with Crippen molar-refractivity contribution < 1.29 is 24.9 Å². The number of aliphatic hydroxyl groups excluding tert-OH is 3. The predicted molar refractivity (Wildman–Crippen MR) is 49.5 cm³/mol. The summed E-state index contributed by atoms with van der Waals surface area (Å²) in [6.45, 7) is 4.11. The molecule has 0 fully saturated rings. The second-order valence-corrected chi connectivity index (χ2v) is 2.99. The molecule has 2 unspecified atom stereocenters. The highest BCUT2D eigenvalue weighted by Crippen LogP contribution is 2.06. The van der Waals surface area contributed by atoms with Crippen LogP contribution in [-0.4, -0.2) is 46.7 Å². The molecule has 0 rings (SSSR count). The number of esters is 1. The van der Waals surface area contributed by atoms with Crippen LogP contribution in [0, 0.1) is 0 Å². The molecule has 0 aromatic carbocycles. The van der Waals surface area contributed by atoms with E-state index in [0.717, 1.165) is 0 Å². The van der Waals surface area contributed by atoms with Crippen LogP contribution in [0.25, 0.3) is 0 Å². The molecule has 0 heterocycles. The number of hydrogen-bond acceptors (Lipinski definition) is 5. The quantitative estimate of drug-likeness (QED) is 0.390. The standard InChI is InChI=1S/C9H16O5/c1-6(2)9(13)14-8(5-11)7(12)3-4-10/h7-8,10-12H,1,3-5H2,2H3. The van der Waals surface area contributed by atoms with Gasteiger partial charge < -0.3 is 20.1 Å². The van der Waals surface area contributed by atoms with Crippen LogP contribution < -0.4 is 0 Å². The van der Waals surface area contributed by atoms with E-state index in [0.29, 0.717) is 0 Å². The van der Waals surface area contributed by atoms with Gasteiger partial charge in [-0.3, -0.25) is 0 Å². The second-order valence-electron chi connectivity index (χ2n) is 2.99. The van der Waals surface area contributed by atoms with E-state index in [1.54, 1.807) is 0 Å². The van der Waals surface area contributed by atoms with Crippen molar-refractivity contribution in [2.45, 2.75) is 25.6 Å². The van der Waals surface area contributed by atoms with Crippen LogP contribution >= 0.6 is 0 Å². The van der Waals surface area contributed by atoms with E-state index in [-0.39, 0.29) is 18.6 Å². The Morgan fingerprint density at radius 3 is 2.43 bits per heavy atom. The highest BCUT2D eigenvalue weighted by atomic mass is 16.6. The highest BCUT2D eigenvalue weighted by molar-refractivity contribution is 5.87. The lowest BCUT2D eigenvalue weighted by Gasteiger charge is -2.20. The fourth-order valence-corrected chi connectivity index (χ4v) is 0.794. The Kier molecular flexibility index (Phi) is 6.11. The average Bonchev–Trinajstić information content (AvgIpc) is 2.13. The lowest BCUT2D eigenvalue weighted by atomic mass is 10.1. The molecule has 5 heteroatoms. The number of ether oxygens (including phenoxy) is 1. The molecule has 0 aliphatic rings. The third-order valence-corrected chi connectivity index (χ3v) is 1.64. The zero-order chi connectivity index (χ0) is 11.1. The number of hydrogen-bond donors (Lipinski definition) is 3. The number of rotatable bonds is 6. The summed E-state index contributed by atoms with van der Waals surface area (Å²) in [7, 11) is 0. The zero-order valence-electron chi connectivity index (χ0n) is 8.14. The van der Waals surface area contributed by atoms with Crippen LogP contribution in [0.3, 0.4) is 0 Å². The van der Waals surface area contributed by atoms with Crippen LogP contribution in [0.15, 0.2) is 12.2 Å². The van der Waals surface area contributed by atoms with E-state index in [1.807, 2.05) is 0 Å². The smallest absolute Gasteiger partial charge is 0.333 e. The van der Waals surface area contributed by atoms with Crippen molar-refractivity contribution in [3.8, 4) is 0 Å². The Hall–Kier alpha value is -0.910. The first-order valence-corrected chi connectivity index (χ1v) is 4.29. The zero-order valence-corrected chi connectivity index (χ0v) is 8.14. The van der Waals surface area contributed by atoms with Crippen LogP contribution in [0.2, 0.25) is 0 Å². The van der Waals surface area contributed by atoms with Gasteiger partial charge in [0.15, 0.2) is 6.10 Å². The molecule has 0 aromatic heterocycles. The molecule has 3 N–H and O–H groups in total. The molecule has 82 valence electrons. The molecule has 14 heavy (non-hydrogen) atoms. The van der Waals surface area contributed by atoms with Gasteiger partial charge in [0.25, 0.3) is 0 Å². The van der Waals surface area contributed by atoms with Crippen molar-refractivity contribution in [2.75, 3.05) is 13.2 Å². The summed E-state index contributed by atoms with van der Waals surface area (Å²) in [5.41, 5.74) is 0.194. The molecule has 5 nitrogen and oxygen atoms in total. The summed E-state index contributed by atoms with van der Waals surface area (Å²) < 4.78 is 4.73. The van der Waals surface area contributed by atoms with Crippen LogP contribution in [0.1, 0.15) is 13.3 Å². The van der Waals surface area contributed by atoms with Gasteiger partial charge in [-0.15, -0.1) is 0 Å². The molecule has 0 bridgehead atoms. The molecule has 0 aliphatic heterocycles. The SMILES string of the molecule is C=C(C)C(=O)OC(CO)C(O)CCO. The summed E-state index contributed by atoms with van der Waals surface area (Å²) >= 11 is 0. The Balaban J connectivity index is 4.14. The summed E-state index contributed by atoms with van der Waals surface area (Å²) in [5.74, 6) is -0.666. The largest absolute Gasteiger partial charge is 0.454 e. The van der Waals surface area contributed by atoms with Crippen molar-refractivity contribution in [1.82, 2.24) is 0 Å². The molecule has 0 aliphatic carbocycles. The molecule has 0 spiro atoms. The second kappa shape index (κ2) is 6.53. The minimum Gasteiger partial charge on any atom is -0.454 e. The fourth-order valence-electron chi connectivity index (χ4n) is 0.794. The van der Waals surface area contributed by atoms with E-state index in [1.165, 1.54) is 6.92 Å². The van der Waals surface area contributed by atoms with Crippen molar-refractivity contribution in [3.63, 3.8) is 0 Å². The first kappa shape index (κ1) is 13.1. The van der Waals surface area contributed by atoms with Gasteiger partial charge in [0.05, 0.1) is 12.7 Å². The minimum atomic E-state index is -1.06. The van der Waals surface area contributed by atoms with E-state index in [4.69, 9.17) is 14.9 Å². The maximum Gasteiger partial charge on any atom is 0.333 e. The molecule has 0 radical (unpaired) electrons. The van der Waals surface area contributed by atoms with Crippen LogP contribution in [0.4, 0.5) is 0 Å². The Bertz CT molecular complexity index is 201. The number of aliphatic hydroxyl groups is 3. The van der Waals surface area contributed by atoms with Gasteiger partial charge in [0, 0.05) is 18.6 Å². The van der Waals surface area contributed by atoms with Crippen molar-refractivity contribution in [3.05, 3.63) is 12.2 Å². The van der Waals surface area contributed by atoms with Crippen LogP contribution in [-0.2, 0) is 9.53 Å². The summed E-state index contributed by atoms with van der Waals surface area (Å²) in [6, 6.07) is 0. The van der Waals surface area contributed by atoms with Crippen LogP contribution in [0.5, 0.6) is 0 Å². The third kappa shape index (κ3) is 4.36. The maximum atomic E-state index is 11.0. The van der Waals surface area contributed by atoms with Gasteiger partial charge in [0.1, 0.15) is 0 Å². The number of carbonyl (C=O) groups excluding carboxylic acids is 1. The predicted octanol–water partition coefficient (Wildman–Crippen LogP) is -0.790. The third-order valence-electron chi connectivity index (χ3n) is 1.64. The summed E-state index contributed by atoms with van der Waals surface area (Å²) in [5, 5.41) is 26.6. The molecule has 0 saturated carbocycles. The topological polar surface area (TPSA) is 87.0 Å². The minimum absolute atomic E-state index is 0.0503. The molecule has 2 atom stereocenters. The van der Waals surface area contributed by atoms with E-state index >= 15 is 0 Å². The molecular formula is C9H16O5.